The molecule has 0 bridgehead atoms. The molecule has 2 heterocycles. The first kappa shape index (κ1) is 19.6. The summed E-state index contributed by atoms with van der Waals surface area (Å²) in [7, 11) is -3.75. The van der Waals surface area contributed by atoms with Crippen LogP contribution in [0.1, 0.15) is 12.8 Å². The van der Waals surface area contributed by atoms with Crippen LogP contribution < -0.4 is 4.74 Å². The third-order valence-electron chi connectivity index (χ3n) is 4.99. The highest BCUT2D eigenvalue weighted by atomic mass is 35.5. The number of aromatic nitrogens is 1. The summed E-state index contributed by atoms with van der Waals surface area (Å²) in [6.45, 7) is 3.66. The summed E-state index contributed by atoms with van der Waals surface area (Å²) >= 11 is 11.9. The molecule has 0 atom stereocenters. The highest BCUT2D eigenvalue weighted by molar-refractivity contribution is 7.91. The number of hydrogen-bond donors (Lipinski definition) is 1. The summed E-state index contributed by atoms with van der Waals surface area (Å²) < 4.78 is 32.1. The van der Waals surface area contributed by atoms with Crippen molar-refractivity contribution in [2.45, 2.75) is 22.6 Å². The Kier molecular flexibility index (Phi) is 5.56. The van der Waals surface area contributed by atoms with E-state index in [1.807, 2.05) is 6.07 Å². The number of para-hydroxylation sites is 1. The summed E-state index contributed by atoms with van der Waals surface area (Å²) in [6.07, 6.45) is 3.97. The average molecular weight is 439 g/mol. The smallest absolute Gasteiger partial charge is 0.208 e. The number of hydrogen-bond acceptors (Lipinski definition) is 4. The van der Waals surface area contributed by atoms with Crippen LogP contribution in [-0.4, -0.2) is 44.5 Å². The molecule has 4 rings (SSSR count). The lowest BCUT2D eigenvalue weighted by atomic mass is 10.2. The van der Waals surface area contributed by atoms with Crippen LogP contribution in [0.3, 0.4) is 0 Å². The number of fused-ring (bicyclic) bond motifs is 1. The van der Waals surface area contributed by atoms with E-state index in [9.17, 15) is 8.42 Å². The first-order valence-electron chi connectivity index (χ1n) is 9.12. The van der Waals surface area contributed by atoms with Gasteiger partial charge in [-0.1, -0.05) is 35.3 Å². The second-order valence-corrected chi connectivity index (χ2v) is 9.54. The van der Waals surface area contributed by atoms with Crippen LogP contribution >= 0.6 is 23.2 Å². The van der Waals surface area contributed by atoms with E-state index in [1.165, 1.54) is 37.2 Å². The summed E-state index contributed by atoms with van der Waals surface area (Å²) in [6, 6.07) is 9.73. The molecule has 1 saturated heterocycles. The fraction of sp³-hybridized carbons (Fsp3) is 0.300. The Bertz CT molecular complexity index is 1110. The van der Waals surface area contributed by atoms with Crippen LogP contribution in [0.15, 0.2) is 52.4 Å². The van der Waals surface area contributed by atoms with Gasteiger partial charge in [-0.15, -0.1) is 0 Å². The molecule has 1 aliphatic heterocycles. The summed E-state index contributed by atoms with van der Waals surface area (Å²) in [4.78, 5) is 5.72. The van der Waals surface area contributed by atoms with E-state index >= 15 is 0 Å². The van der Waals surface area contributed by atoms with Crippen molar-refractivity contribution in [3.63, 3.8) is 0 Å². The molecule has 2 aromatic carbocycles. The Labute approximate surface area is 174 Å². The Morgan fingerprint density at radius 3 is 2.61 bits per heavy atom. The largest absolute Gasteiger partial charge is 0.490 e. The van der Waals surface area contributed by atoms with Gasteiger partial charge in [0.1, 0.15) is 12.4 Å². The van der Waals surface area contributed by atoms with Gasteiger partial charge in [0.25, 0.3) is 0 Å². The third-order valence-corrected chi connectivity index (χ3v) is 7.52. The number of nitrogens with one attached hydrogen (secondary N) is 1. The number of rotatable bonds is 6. The number of nitrogens with zero attached hydrogens (tertiary/aromatic N) is 1. The first-order valence-corrected chi connectivity index (χ1v) is 11.4. The molecule has 0 unspecified atom stereocenters. The maximum absolute atomic E-state index is 13.1. The quantitative estimate of drug-likeness (QED) is 0.601. The van der Waals surface area contributed by atoms with Gasteiger partial charge in [-0.3, -0.25) is 4.90 Å². The van der Waals surface area contributed by atoms with Crippen molar-refractivity contribution in [3.05, 3.63) is 52.6 Å². The molecule has 0 radical (unpaired) electrons. The van der Waals surface area contributed by atoms with Crippen LogP contribution in [-0.2, 0) is 9.84 Å². The van der Waals surface area contributed by atoms with Crippen molar-refractivity contribution in [1.82, 2.24) is 9.88 Å². The number of likely N-dealkylation sites (tertiary alicyclic amines) is 1. The fourth-order valence-corrected chi connectivity index (χ4v) is 5.32. The van der Waals surface area contributed by atoms with Crippen LogP contribution in [0.4, 0.5) is 0 Å². The summed E-state index contributed by atoms with van der Waals surface area (Å²) in [5.74, 6) is 0.646. The Balaban J connectivity index is 1.62. The lowest BCUT2D eigenvalue weighted by Crippen LogP contribution is -2.25. The van der Waals surface area contributed by atoms with Gasteiger partial charge >= 0.3 is 0 Å². The molecule has 3 aromatic rings. The molecule has 0 aliphatic carbocycles. The molecule has 8 heteroatoms. The van der Waals surface area contributed by atoms with Gasteiger partial charge in [0.2, 0.25) is 9.84 Å². The fourth-order valence-electron chi connectivity index (χ4n) is 3.51. The standard InChI is InChI=1S/C20H20Cl2N2O3S/c21-16-7-6-14(12-17(16)22)28(25,26)19-13-23-20-15(19)4-3-5-18(20)27-11-10-24-8-1-2-9-24/h3-7,12-13,23H,1-2,8-11H2. The van der Waals surface area contributed by atoms with E-state index in [0.717, 1.165) is 19.6 Å². The summed E-state index contributed by atoms with van der Waals surface area (Å²) in [5.41, 5.74) is 0.669. The molecule has 28 heavy (non-hydrogen) atoms. The van der Waals surface area contributed by atoms with Crippen LogP contribution in [0.2, 0.25) is 10.0 Å². The van der Waals surface area contributed by atoms with E-state index in [4.69, 9.17) is 27.9 Å². The number of ether oxygens (including phenoxy) is 1. The van der Waals surface area contributed by atoms with Crippen molar-refractivity contribution >= 4 is 43.9 Å². The molecule has 1 aromatic heterocycles. The maximum atomic E-state index is 13.1. The average Bonchev–Trinajstić information content (AvgIpc) is 3.34. The highest BCUT2D eigenvalue weighted by Gasteiger charge is 2.23. The lowest BCUT2D eigenvalue weighted by molar-refractivity contribution is 0.239. The second-order valence-electron chi connectivity index (χ2n) is 6.81. The molecule has 0 saturated carbocycles. The van der Waals surface area contributed by atoms with Crippen LogP contribution in [0.25, 0.3) is 10.9 Å². The van der Waals surface area contributed by atoms with Gasteiger partial charge in [-0.05, 0) is 50.2 Å². The predicted molar refractivity (Wildman–Crippen MR) is 111 cm³/mol. The molecular weight excluding hydrogens is 419 g/mol. The van der Waals surface area contributed by atoms with Gasteiger partial charge in [-0.2, -0.15) is 0 Å². The van der Waals surface area contributed by atoms with Crippen molar-refractivity contribution in [2.24, 2.45) is 0 Å². The van der Waals surface area contributed by atoms with Gasteiger partial charge in [0.15, 0.2) is 0 Å². The van der Waals surface area contributed by atoms with Crippen molar-refractivity contribution in [3.8, 4) is 5.75 Å². The molecule has 148 valence electrons. The van der Waals surface area contributed by atoms with Gasteiger partial charge in [-0.25, -0.2) is 8.42 Å². The highest BCUT2D eigenvalue weighted by Crippen LogP contribution is 2.34. The zero-order valence-electron chi connectivity index (χ0n) is 15.1. The Morgan fingerprint density at radius 2 is 1.86 bits per heavy atom. The van der Waals surface area contributed by atoms with Gasteiger partial charge in [0.05, 0.1) is 25.4 Å². The van der Waals surface area contributed by atoms with Crippen molar-refractivity contribution < 1.29 is 13.2 Å². The van der Waals surface area contributed by atoms with E-state index in [1.54, 1.807) is 12.1 Å². The van der Waals surface area contributed by atoms with Gasteiger partial charge in [0, 0.05) is 18.1 Å². The molecule has 1 aliphatic rings. The number of aromatic amines is 1. The number of sulfone groups is 1. The zero-order chi connectivity index (χ0) is 19.7. The second kappa shape index (κ2) is 7.95. The normalized spacial score (nSPS) is 15.4. The van der Waals surface area contributed by atoms with Crippen molar-refractivity contribution in [2.75, 3.05) is 26.2 Å². The summed E-state index contributed by atoms with van der Waals surface area (Å²) in [5, 5.41) is 1.10. The monoisotopic (exact) mass is 438 g/mol. The molecule has 0 spiro atoms. The molecule has 5 nitrogen and oxygen atoms in total. The van der Waals surface area contributed by atoms with E-state index in [-0.39, 0.29) is 14.8 Å². The van der Waals surface area contributed by atoms with E-state index in [2.05, 4.69) is 9.88 Å². The van der Waals surface area contributed by atoms with Crippen molar-refractivity contribution in [1.29, 1.82) is 0 Å². The minimum atomic E-state index is -3.75. The topological polar surface area (TPSA) is 62.4 Å². The lowest BCUT2D eigenvalue weighted by Gasteiger charge is -2.15. The third kappa shape index (κ3) is 3.74. The van der Waals surface area contributed by atoms with Crippen LogP contribution in [0.5, 0.6) is 5.75 Å². The first-order chi connectivity index (χ1) is 13.5. The number of benzene rings is 2. The van der Waals surface area contributed by atoms with Crippen LogP contribution in [0, 0.1) is 0 Å². The molecule has 1 fully saturated rings. The Morgan fingerprint density at radius 1 is 1.07 bits per heavy atom. The number of halogens is 2. The van der Waals surface area contributed by atoms with E-state index < -0.39 is 9.84 Å². The van der Waals surface area contributed by atoms with E-state index in [0.29, 0.717) is 28.3 Å². The maximum Gasteiger partial charge on any atom is 0.208 e. The van der Waals surface area contributed by atoms with Gasteiger partial charge < -0.3 is 9.72 Å². The molecule has 1 N–H and O–H groups in total. The minimum absolute atomic E-state index is 0.100. The Hall–Kier alpha value is -1.73. The predicted octanol–water partition coefficient (Wildman–Crippen LogP) is 4.78. The number of H-pyrrole nitrogens is 1. The molecule has 0 amide bonds. The molecular formula is C20H20Cl2N2O3S. The SMILES string of the molecule is O=S(=O)(c1ccc(Cl)c(Cl)c1)c1c[nH]c2c(OCCN3CCCC3)cccc12. The minimum Gasteiger partial charge on any atom is -0.490 e. The zero-order valence-corrected chi connectivity index (χ0v) is 17.4.